The molecular weight excluding hydrogens is 398 g/mol. The van der Waals surface area contributed by atoms with Gasteiger partial charge in [-0.25, -0.2) is 4.79 Å². The smallest absolute Gasteiger partial charge is 0.410 e. The zero-order chi connectivity index (χ0) is 22.5. The maximum atomic E-state index is 13.2. The Balaban J connectivity index is 1.50. The minimum absolute atomic E-state index is 0.0336. The van der Waals surface area contributed by atoms with Crippen LogP contribution in [-0.4, -0.2) is 35.2 Å². The van der Waals surface area contributed by atoms with Crippen molar-refractivity contribution in [3.05, 3.63) is 89.7 Å². The van der Waals surface area contributed by atoms with E-state index < -0.39 is 0 Å². The number of benzene rings is 2. The topological polar surface area (TPSA) is 68.5 Å². The summed E-state index contributed by atoms with van der Waals surface area (Å²) in [5.74, 6) is 0.342. The van der Waals surface area contributed by atoms with Gasteiger partial charge in [0.2, 0.25) is 0 Å². The highest BCUT2D eigenvalue weighted by Gasteiger charge is 2.30. The van der Waals surface area contributed by atoms with Crippen LogP contribution in [0, 0.1) is 5.92 Å². The van der Waals surface area contributed by atoms with Crippen molar-refractivity contribution < 1.29 is 9.53 Å². The lowest BCUT2D eigenvalue weighted by molar-refractivity contribution is 0.0919. The van der Waals surface area contributed by atoms with Crippen molar-refractivity contribution in [3.63, 3.8) is 0 Å². The van der Waals surface area contributed by atoms with Gasteiger partial charge in [0, 0.05) is 24.7 Å². The summed E-state index contributed by atoms with van der Waals surface area (Å²) >= 11 is 0. The average molecular weight is 430 g/mol. The van der Waals surface area contributed by atoms with Crippen LogP contribution in [0.4, 0.5) is 4.79 Å². The predicted octanol–water partition coefficient (Wildman–Crippen LogP) is 5.21. The average Bonchev–Trinajstić information content (AvgIpc) is 3.16. The van der Waals surface area contributed by atoms with Gasteiger partial charge in [0.1, 0.15) is 6.61 Å². The quantitative estimate of drug-likeness (QED) is 0.534. The first-order valence-electron chi connectivity index (χ1n) is 11.3. The first kappa shape index (κ1) is 22.0. The number of nitrogens with two attached hydrogens (primary N) is 1. The molecule has 166 valence electrons. The summed E-state index contributed by atoms with van der Waals surface area (Å²) in [5, 5.41) is 0. The molecule has 4 rings (SSSR count). The summed E-state index contributed by atoms with van der Waals surface area (Å²) in [6.07, 6.45) is 2.35. The minimum Gasteiger partial charge on any atom is -0.448 e. The molecule has 0 unspecified atom stereocenters. The monoisotopic (exact) mass is 429 g/mol. The Morgan fingerprint density at radius 1 is 1.03 bits per heavy atom. The fourth-order valence-electron chi connectivity index (χ4n) is 4.31. The SMILES string of the molecule is CC[C@H](C)[C@H](N)CN(Cc1ccccn1)C(=O)OCC1c2ccccc2-c2ccccc21. The number of rotatable bonds is 8. The Morgan fingerprint density at radius 2 is 1.66 bits per heavy atom. The molecule has 0 spiro atoms. The zero-order valence-electron chi connectivity index (χ0n) is 18.8. The van der Waals surface area contributed by atoms with Crippen LogP contribution in [0.5, 0.6) is 0 Å². The fraction of sp³-hybridized carbons (Fsp3) is 0.333. The van der Waals surface area contributed by atoms with Crippen LogP contribution in [0.2, 0.25) is 0 Å². The van der Waals surface area contributed by atoms with Crippen LogP contribution < -0.4 is 5.73 Å². The summed E-state index contributed by atoms with van der Waals surface area (Å²) in [6.45, 7) is 5.33. The predicted molar refractivity (Wildman–Crippen MR) is 127 cm³/mol. The molecule has 1 heterocycles. The molecule has 1 aromatic heterocycles. The van der Waals surface area contributed by atoms with E-state index >= 15 is 0 Å². The first-order chi connectivity index (χ1) is 15.6. The lowest BCUT2D eigenvalue weighted by Gasteiger charge is -2.28. The number of fused-ring (bicyclic) bond motifs is 3. The van der Waals surface area contributed by atoms with E-state index in [4.69, 9.17) is 10.5 Å². The van der Waals surface area contributed by atoms with E-state index in [0.717, 1.165) is 12.1 Å². The number of aromatic nitrogens is 1. The summed E-state index contributed by atoms with van der Waals surface area (Å²) < 4.78 is 5.89. The van der Waals surface area contributed by atoms with Crippen molar-refractivity contribution in [2.45, 2.75) is 38.8 Å². The molecule has 1 aliphatic rings. The lowest BCUT2D eigenvalue weighted by atomic mass is 9.98. The molecule has 0 saturated carbocycles. The maximum Gasteiger partial charge on any atom is 0.410 e. The summed E-state index contributed by atoms with van der Waals surface area (Å²) in [6, 6.07) is 22.3. The van der Waals surface area contributed by atoms with Crippen molar-refractivity contribution in [3.8, 4) is 11.1 Å². The molecule has 5 heteroatoms. The number of pyridine rings is 1. The number of amides is 1. The molecule has 0 bridgehead atoms. The molecule has 3 aromatic rings. The van der Waals surface area contributed by atoms with E-state index in [-0.39, 0.29) is 18.1 Å². The van der Waals surface area contributed by atoms with Crippen molar-refractivity contribution >= 4 is 6.09 Å². The lowest BCUT2D eigenvalue weighted by Crippen LogP contribution is -2.44. The van der Waals surface area contributed by atoms with Crippen LogP contribution in [-0.2, 0) is 11.3 Å². The Morgan fingerprint density at radius 3 is 2.25 bits per heavy atom. The summed E-state index contributed by atoms with van der Waals surface area (Å²) in [4.78, 5) is 19.3. The highest BCUT2D eigenvalue weighted by molar-refractivity contribution is 5.79. The van der Waals surface area contributed by atoms with Gasteiger partial charge in [-0.3, -0.25) is 4.98 Å². The molecule has 0 saturated heterocycles. The molecule has 2 N–H and O–H groups in total. The molecule has 0 aliphatic heterocycles. The van der Waals surface area contributed by atoms with Crippen molar-refractivity contribution in [1.82, 2.24) is 9.88 Å². The van der Waals surface area contributed by atoms with Gasteiger partial charge in [0.25, 0.3) is 0 Å². The van der Waals surface area contributed by atoms with Gasteiger partial charge in [-0.2, -0.15) is 0 Å². The summed E-state index contributed by atoms with van der Waals surface area (Å²) in [7, 11) is 0. The highest BCUT2D eigenvalue weighted by atomic mass is 16.6. The molecule has 2 aromatic carbocycles. The number of hydrogen-bond donors (Lipinski definition) is 1. The molecule has 0 radical (unpaired) electrons. The van der Waals surface area contributed by atoms with Crippen LogP contribution in [0.25, 0.3) is 11.1 Å². The van der Waals surface area contributed by atoms with Gasteiger partial charge in [-0.1, -0.05) is 74.9 Å². The summed E-state index contributed by atoms with van der Waals surface area (Å²) in [5.41, 5.74) is 12.0. The molecule has 2 atom stereocenters. The van der Waals surface area contributed by atoms with Crippen molar-refractivity contribution in [2.75, 3.05) is 13.2 Å². The molecule has 1 amide bonds. The van der Waals surface area contributed by atoms with Crippen molar-refractivity contribution in [1.29, 1.82) is 0 Å². The third kappa shape index (κ3) is 4.68. The van der Waals surface area contributed by atoms with Crippen LogP contribution in [0.3, 0.4) is 0 Å². The molecular formula is C27H31N3O2. The van der Waals surface area contributed by atoms with Crippen LogP contribution in [0.1, 0.15) is 43.0 Å². The molecule has 1 aliphatic carbocycles. The number of carbonyl (C=O) groups excluding carboxylic acids is 1. The van der Waals surface area contributed by atoms with E-state index in [1.807, 2.05) is 30.3 Å². The standard InChI is InChI=1S/C27H31N3O2/c1-3-19(2)26(28)17-30(16-20-10-8-9-15-29-20)27(31)32-18-25-23-13-6-4-11-21(23)22-12-5-7-14-24(22)25/h4-15,19,25-26H,3,16-18,28H2,1-2H3/t19-,26+/m0/s1. The highest BCUT2D eigenvalue weighted by Crippen LogP contribution is 2.44. The Hall–Kier alpha value is -3.18. The first-order valence-corrected chi connectivity index (χ1v) is 11.3. The number of ether oxygens (including phenoxy) is 1. The van der Waals surface area contributed by atoms with E-state index in [1.165, 1.54) is 22.3 Å². The van der Waals surface area contributed by atoms with Gasteiger partial charge in [0.15, 0.2) is 0 Å². The van der Waals surface area contributed by atoms with Crippen LogP contribution >= 0.6 is 0 Å². The van der Waals surface area contributed by atoms with E-state index in [9.17, 15) is 4.79 Å². The van der Waals surface area contributed by atoms with Gasteiger partial charge < -0.3 is 15.4 Å². The minimum atomic E-state index is -0.351. The fourth-order valence-corrected chi connectivity index (χ4v) is 4.31. The number of hydrogen-bond acceptors (Lipinski definition) is 4. The van der Waals surface area contributed by atoms with Gasteiger partial charge in [-0.15, -0.1) is 0 Å². The zero-order valence-corrected chi connectivity index (χ0v) is 18.8. The van der Waals surface area contributed by atoms with Gasteiger partial charge >= 0.3 is 6.09 Å². The van der Waals surface area contributed by atoms with Crippen molar-refractivity contribution in [2.24, 2.45) is 11.7 Å². The molecule has 32 heavy (non-hydrogen) atoms. The normalized spacial score (nSPS) is 14.3. The Kier molecular flexibility index (Phi) is 6.86. The van der Waals surface area contributed by atoms with E-state index in [0.29, 0.717) is 25.6 Å². The van der Waals surface area contributed by atoms with E-state index in [2.05, 4.69) is 55.2 Å². The van der Waals surface area contributed by atoms with Gasteiger partial charge in [-0.05, 0) is 40.3 Å². The number of carbonyl (C=O) groups is 1. The van der Waals surface area contributed by atoms with Gasteiger partial charge in [0.05, 0.1) is 12.2 Å². The second kappa shape index (κ2) is 9.96. The third-order valence-electron chi connectivity index (χ3n) is 6.48. The molecule has 5 nitrogen and oxygen atoms in total. The van der Waals surface area contributed by atoms with E-state index in [1.54, 1.807) is 11.1 Å². The van der Waals surface area contributed by atoms with Crippen LogP contribution in [0.15, 0.2) is 72.9 Å². The number of nitrogens with zero attached hydrogens (tertiary/aromatic N) is 2. The second-order valence-corrected chi connectivity index (χ2v) is 8.55. The largest absolute Gasteiger partial charge is 0.448 e. The molecule has 0 fully saturated rings. The Bertz CT molecular complexity index is 1010. The Labute approximate surface area is 190 Å². The third-order valence-corrected chi connectivity index (χ3v) is 6.48. The maximum absolute atomic E-state index is 13.2. The second-order valence-electron chi connectivity index (χ2n) is 8.55.